The van der Waals surface area contributed by atoms with E-state index in [9.17, 15) is 23.7 Å². The number of fused-ring (bicyclic) bond motifs is 4. The zero-order chi connectivity index (χ0) is 33.3. The minimum Gasteiger partial charge on any atom is -0.453 e. The first-order valence-corrected chi connectivity index (χ1v) is 18.2. The molecule has 0 saturated heterocycles. The van der Waals surface area contributed by atoms with Crippen molar-refractivity contribution in [3.8, 4) is 23.0 Å². The van der Waals surface area contributed by atoms with Crippen LogP contribution in [-0.4, -0.2) is 59.6 Å². The van der Waals surface area contributed by atoms with Gasteiger partial charge in [0, 0.05) is 12.3 Å². The molecule has 0 radical (unpaired) electrons. The Hall–Kier alpha value is -4.13. The molecule has 4 aromatic rings. The Balaban J connectivity index is 1.29. The van der Waals surface area contributed by atoms with E-state index < -0.39 is 45.6 Å². The van der Waals surface area contributed by atoms with Crippen LogP contribution in [0.2, 0.25) is 0 Å². The van der Waals surface area contributed by atoms with Crippen LogP contribution in [0.15, 0.2) is 97.1 Å². The average Bonchev–Trinajstić information content (AvgIpc) is 3.07. The summed E-state index contributed by atoms with van der Waals surface area (Å²) in [4.78, 5) is 3.99. The predicted octanol–water partition coefficient (Wildman–Crippen LogP) is 6.35. The van der Waals surface area contributed by atoms with Gasteiger partial charge in [-0.3, -0.25) is 0 Å². The summed E-state index contributed by atoms with van der Waals surface area (Å²) in [5, 5.41) is 38.4. The van der Waals surface area contributed by atoms with Crippen molar-refractivity contribution in [2.45, 2.75) is 68.1 Å². The lowest BCUT2D eigenvalue weighted by atomic mass is 9.61. The number of anilines is 4. The first kappa shape index (κ1) is 31.2. The Morgan fingerprint density at radius 1 is 0.688 bits per heavy atom. The first-order chi connectivity index (χ1) is 23.1. The second-order valence-corrected chi connectivity index (χ2v) is 14.8. The van der Waals surface area contributed by atoms with Crippen LogP contribution in [0.1, 0.15) is 38.5 Å². The number of para-hydroxylation sites is 8. The van der Waals surface area contributed by atoms with E-state index in [2.05, 4.69) is 4.90 Å². The molecule has 2 aliphatic heterocycles. The summed E-state index contributed by atoms with van der Waals surface area (Å²) in [6.45, 7) is 0. The number of ether oxygens (including phenoxy) is 2. The summed E-state index contributed by atoms with van der Waals surface area (Å²) in [5.41, 5.74) is 0.579. The largest absolute Gasteiger partial charge is 0.453 e. The van der Waals surface area contributed by atoms with E-state index in [-0.39, 0.29) is 6.42 Å². The van der Waals surface area contributed by atoms with Crippen LogP contribution >= 0.6 is 0 Å². The van der Waals surface area contributed by atoms with Crippen LogP contribution in [0, 0.1) is 5.92 Å². The molecule has 0 amide bonds. The maximum atomic E-state index is 13.4. The molecule has 4 aromatic carbocycles. The van der Waals surface area contributed by atoms with Gasteiger partial charge in [0.05, 0.1) is 47.2 Å². The first-order valence-electron chi connectivity index (χ1n) is 16.4. The summed E-state index contributed by atoms with van der Waals surface area (Å²) in [7, 11) is -4.26. The number of hydrogen-bond donors (Lipinski definition) is 3. The molecule has 0 spiro atoms. The molecular weight excluding hydrogens is 632 g/mol. The maximum absolute atomic E-state index is 13.4. The van der Waals surface area contributed by atoms with Gasteiger partial charge < -0.3 is 34.6 Å². The number of rotatable bonds is 5. The fraction of sp³-hybridized carbons (Fsp3) is 0.351. The summed E-state index contributed by atoms with van der Waals surface area (Å²) in [6.07, 6.45) is 1.74. The molecule has 2 heterocycles. The minimum absolute atomic E-state index is 0.141. The molecular formula is C37H38N2O8S. The lowest BCUT2D eigenvalue weighted by Crippen LogP contribution is -2.75. The van der Waals surface area contributed by atoms with Gasteiger partial charge >= 0.3 is 0 Å². The number of aliphatic hydroxyl groups is 3. The highest BCUT2D eigenvalue weighted by molar-refractivity contribution is 7.86. The predicted molar refractivity (Wildman–Crippen MR) is 181 cm³/mol. The van der Waals surface area contributed by atoms with E-state index in [0.29, 0.717) is 66.5 Å². The smallest absolute Gasteiger partial charge is 0.267 e. The fourth-order valence-electron chi connectivity index (χ4n) is 8.52. The van der Waals surface area contributed by atoms with Gasteiger partial charge in [-0.05, 0) is 74.2 Å². The van der Waals surface area contributed by atoms with Crippen LogP contribution in [-0.2, 0) is 14.3 Å². The number of aliphatic hydroxyl groups excluding tert-OH is 1. The normalized spacial score (nSPS) is 29.4. The molecule has 8 rings (SSSR count). The molecule has 11 heteroatoms. The molecule has 48 heavy (non-hydrogen) atoms. The molecule has 0 bridgehead atoms. The van der Waals surface area contributed by atoms with Crippen LogP contribution in [0.5, 0.6) is 23.0 Å². The Morgan fingerprint density at radius 3 is 1.62 bits per heavy atom. The lowest BCUT2D eigenvalue weighted by Gasteiger charge is -2.59. The van der Waals surface area contributed by atoms with Crippen molar-refractivity contribution in [1.82, 2.24) is 0 Å². The summed E-state index contributed by atoms with van der Waals surface area (Å²) < 4.78 is 43.6. The zero-order valence-corrected chi connectivity index (χ0v) is 27.3. The van der Waals surface area contributed by atoms with Crippen molar-refractivity contribution in [2.24, 2.45) is 5.92 Å². The second-order valence-electron chi connectivity index (χ2n) is 13.2. The highest BCUT2D eigenvalue weighted by Crippen LogP contribution is 2.57. The summed E-state index contributed by atoms with van der Waals surface area (Å²) in [5.74, 6) is -1.16. The Morgan fingerprint density at radius 2 is 1.15 bits per heavy atom. The number of benzene rings is 4. The molecule has 2 saturated carbocycles. The van der Waals surface area contributed by atoms with Crippen molar-refractivity contribution in [1.29, 1.82) is 0 Å². The van der Waals surface area contributed by atoms with Gasteiger partial charge in [0.1, 0.15) is 5.60 Å². The highest BCUT2D eigenvalue weighted by Gasteiger charge is 2.67. The Labute approximate surface area is 279 Å². The standard InChI is InChI=1S/C37H38N2O8S/c1-48(43,44)47-36(41)23-11-22-34(39-27-15-4-8-20-32(27)46-33-21-9-5-16-28(33)39)37(36,42)24-12-10-17-29(35(24)40)38-25-13-2-6-18-30(25)45-31-19-7-3-14-26(31)38/h2-9,13-16,18-21,24,29,34-35,40-42H,10-12,17,22-23H2,1H3. The molecule has 6 unspecified atom stereocenters. The van der Waals surface area contributed by atoms with E-state index >= 15 is 0 Å². The van der Waals surface area contributed by atoms with E-state index in [0.717, 1.165) is 17.6 Å². The Kier molecular flexibility index (Phi) is 7.46. The lowest BCUT2D eigenvalue weighted by molar-refractivity contribution is -0.309. The highest BCUT2D eigenvalue weighted by atomic mass is 32.2. The summed E-state index contributed by atoms with van der Waals surface area (Å²) in [6, 6.07) is 28.6. The Bertz CT molecular complexity index is 1880. The van der Waals surface area contributed by atoms with Crippen LogP contribution in [0.3, 0.4) is 0 Å². The monoisotopic (exact) mass is 670 g/mol. The SMILES string of the molecule is CS(=O)(=O)OC1(O)CCCC(N2c3ccccc3Oc3ccccc32)C1(O)C1CCCC(N2c3ccccc3Oc3ccccc32)C1O. The van der Waals surface area contributed by atoms with E-state index in [1.54, 1.807) is 0 Å². The number of nitrogens with zero attached hydrogens (tertiary/aromatic N) is 2. The third kappa shape index (κ3) is 4.87. The van der Waals surface area contributed by atoms with E-state index in [1.165, 1.54) is 0 Å². The van der Waals surface area contributed by atoms with Gasteiger partial charge in [0.25, 0.3) is 10.1 Å². The van der Waals surface area contributed by atoms with Crippen LogP contribution in [0.4, 0.5) is 22.7 Å². The van der Waals surface area contributed by atoms with Crippen LogP contribution in [0.25, 0.3) is 0 Å². The van der Waals surface area contributed by atoms with Gasteiger partial charge in [-0.15, -0.1) is 0 Å². The van der Waals surface area contributed by atoms with Gasteiger partial charge in [-0.25, -0.2) is 4.18 Å². The van der Waals surface area contributed by atoms with Crippen molar-refractivity contribution in [3.63, 3.8) is 0 Å². The fourth-order valence-corrected chi connectivity index (χ4v) is 9.23. The molecule has 3 N–H and O–H groups in total. The minimum atomic E-state index is -4.26. The zero-order valence-electron chi connectivity index (χ0n) is 26.5. The maximum Gasteiger partial charge on any atom is 0.267 e. The topological polar surface area (TPSA) is 129 Å². The molecule has 250 valence electrons. The molecule has 6 atom stereocenters. The van der Waals surface area contributed by atoms with Gasteiger partial charge in [-0.2, -0.15) is 8.42 Å². The molecule has 0 aromatic heterocycles. The summed E-state index contributed by atoms with van der Waals surface area (Å²) >= 11 is 0. The molecule has 2 fully saturated rings. The molecule has 2 aliphatic carbocycles. The third-order valence-corrected chi connectivity index (χ3v) is 11.0. The van der Waals surface area contributed by atoms with Crippen molar-refractivity contribution >= 4 is 32.9 Å². The quantitative estimate of drug-likeness (QED) is 0.163. The van der Waals surface area contributed by atoms with Gasteiger partial charge in [0.15, 0.2) is 23.0 Å². The van der Waals surface area contributed by atoms with E-state index in [1.807, 2.05) is 102 Å². The van der Waals surface area contributed by atoms with Crippen LogP contribution < -0.4 is 19.3 Å². The van der Waals surface area contributed by atoms with E-state index in [4.69, 9.17) is 13.7 Å². The van der Waals surface area contributed by atoms with Crippen molar-refractivity contribution in [3.05, 3.63) is 97.1 Å². The van der Waals surface area contributed by atoms with Crippen molar-refractivity contribution in [2.75, 3.05) is 16.1 Å². The molecule has 10 nitrogen and oxygen atoms in total. The average molecular weight is 671 g/mol. The second kappa shape index (κ2) is 11.5. The van der Waals surface area contributed by atoms with Crippen molar-refractivity contribution < 1.29 is 37.4 Å². The molecule has 4 aliphatic rings. The van der Waals surface area contributed by atoms with Gasteiger partial charge in [0.2, 0.25) is 5.79 Å². The third-order valence-electron chi connectivity index (χ3n) is 10.4. The van der Waals surface area contributed by atoms with Gasteiger partial charge in [-0.1, -0.05) is 55.0 Å². The number of hydrogen-bond acceptors (Lipinski definition) is 10.